The lowest BCUT2D eigenvalue weighted by atomic mass is 10.1. The van der Waals surface area contributed by atoms with Gasteiger partial charge in [-0.15, -0.1) is 0 Å². The average Bonchev–Trinajstić information content (AvgIpc) is 2.52. The molecule has 1 aliphatic heterocycles. The number of hydroxylamine groups is 1. The van der Waals surface area contributed by atoms with Gasteiger partial charge in [-0.1, -0.05) is 18.2 Å². The number of rotatable bonds is 3. The molecule has 7 heteroatoms. The molecule has 0 saturated carbocycles. The summed E-state index contributed by atoms with van der Waals surface area (Å²) < 4.78 is 0. The molecule has 0 aliphatic carbocycles. The third kappa shape index (κ3) is 3.67. The Balaban J connectivity index is 2.22. The second kappa shape index (κ2) is 6.67. The highest BCUT2D eigenvalue weighted by atomic mass is 16.5. The molecule has 0 radical (unpaired) electrons. The van der Waals surface area contributed by atoms with Gasteiger partial charge in [0.2, 0.25) is 5.91 Å². The Kier molecular flexibility index (Phi) is 4.68. The molecule has 1 aliphatic rings. The third-order valence-electron chi connectivity index (χ3n) is 3.04. The maximum atomic E-state index is 12.4. The van der Waals surface area contributed by atoms with Gasteiger partial charge < -0.3 is 10.2 Å². The van der Waals surface area contributed by atoms with Gasteiger partial charge in [0.05, 0.1) is 6.54 Å². The topological polar surface area (TPSA) is 98.7 Å². The van der Waals surface area contributed by atoms with Crippen LogP contribution in [0.3, 0.4) is 0 Å². The van der Waals surface area contributed by atoms with E-state index in [0.29, 0.717) is 24.2 Å². The summed E-state index contributed by atoms with van der Waals surface area (Å²) in [6.45, 7) is 0.892. The molecule has 0 atom stereocenters. The van der Waals surface area contributed by atoms with Crippen LogP contribution in [0.2, 0.25) is 0 Å². The molecule has 0 unspecified atom stereocenters. The van der Waals surface area contributed by atoms with Crippen LogP contribution in [0.1, 0.15) is 15.9 Å². The predicted octanol–water partition coefficient (Wildman–Crippen LogP) is -0.223. The van der Waals surface area contributed by atoms with E-state index >= 15 is 0 Å². The second-order valence-corrected chi connectivity index (χ2v) is 4.47. The Morgan fingerprint density at radius 3 is 2.81 bits per heavy atom. The molecule has 3 amide bonds. The van der Waals surface area contributed by atoms with E-state index in [1.165, 1.54) is 16.5 Å². The van der Waals surface area contributed by atoms with E-state index in [-0.39, 0.29) is 18.4 Å². The van der Waals surface area contributed by atoms with Crippen LogP contribution in [0.5, 0.6) is 0 Å². The normalized spacial score (nSPS) is 14.9. The van der Waals surface area contributed by atoms with Crippen LogP contribution in [-0.2, 0) is 9.59 Å². The molecular weight excluding hydrogens is 274 g/mol. The van der Waals surface area contributed by atoms with E-state index in [4.69, 9.17) is 5.21 Å². The third-order valence-corrected chi connectivity index (χ3v) is 3.04. The van der Waals surface area contributed by atoms with Crippen LogP contribution in [-0.4, -0.2) is 47.5 Å². The fourth-order valence-electron chi connectivity index (χ4n) is 2.02. The number of amides is 3. The molecule has 7 nitrogen and oxygen atoms in total. The lowest BCUT2D eigenvalue weighted by Crippen LogP contribution is -2.50. The van der Waals surface area contributed by atoms with Crippen molar-refractivity contribution in [3.63, 3.8) is 0 Å². The minimum atomic E-state index is -0.686. The molecule has 1 saturated heterocycles. The standard InChI is InChI=1S/C14H15N3O4/c18-12(16-21)6-5-10-3-1-2-4-11(10)14(20)17-8-7-15-13(19)9-17/h1-6,21H,7-9H2,(H,15,19)(H,16,18)/b6-5+. The summed E-state index contributed by atoms with van der Waals surface area (Å²) in [5.74, 6) is -1.15. The second-order valence-electron chi connectivity index (χ2n) is 4.47. The van der Waals surface area contributed by atoms with E-state index in [2.05, 4.69) is 5.32 Å². The van der Waals surface area contributed by atoms with Gasteiger partial charge >= 0.3 is 0 Å². The molecule has 0 spiro atoms. The predicted molar refractivity (Wildman–Crippen MR) is 74.3 cm³/mol. The maximum absolute atomic E-state index is 12.4. The zero-order valence-electron chi connectivity index (χ0n) is 11.2. The number of hydrogen-bond acceptors (Lipinski definition) is 4. The van der Waals surface area contributed by atoms with Gasteiger partial charge in [-0.05, 0) is 17.7 Å². The van der Waals surface area contributed by atoms with Crippen LogP contribution < -0.4 is 10.8 Å². The Labute approximate surface area is 121 Å². The SMILES string of the molecule is O=C(/C=C/c1ccccc1C(=O)N1CCNC(=O)C1)NO. The van der Waals surface area contributed by atoms with Crippen molar-refractivity contribution < 1.29 is 19.6 Å². The summed E-state index contributed by atoms with van der Waals surface area (Å²) >= 11 is 0. The summed E-state index contributed by atoms with van der Waals surface area (Å²) in [7, 11) is 0. The number of hydrogen-bond donors (Lipinski definition) is 3. The first-order chi connectivity index (χ1) is 10.1. The van der Waals surface area contributed by atoms with Crippen LogP contribution in [0, 0.1) is 0 Å². The first-order valence-corrected chi connectivity index (χ1v) is 6.39. The van der Waals surface area contributed by atoms with Crippen molar-refractivity contribution in [3.05, 3.63) is 41.5 Å². The molecule has 3 N–H and O–H groups in total. The Morgan fingerprint density at radius 2 is 2.10 bits per heavy atom. The molecule has 1 aromatic rings. The fraction of sp³-hybridized carbons (Fsp3) is 0.214. The summed E-state index contributed by atoms with van der Waals surface area (Å²) in [5.41, 5.74) is 2.42. The highest BCUT2D eigenvalue weighted by Crippen LogP contribution is 2.14. The molecule has 1 heterocycles. The quantitative estimate of drug-likeness (QED) is 0.407. The number of carbonyl (C=O) groups is 3. The number of nitrogens with zero attached hydrogens (tertiary/aromatic N) is 1. The molecule has 110 valence electrons. The van der Waals surface area contributed by atoms with Crippen molar-refractivity contribution in [1.82, 2.24) is 15.7 Å². The number of piperazine rings is 1. The Hall–Kier alpha value is -2.67. The molecule has 0 bridgehead atoms. The first-order valence-electron chi connectivity index (χ1n) is 6.39. The minimum Gasteiger partial charge on any atom is -0.353 e. The van der Waals surface area contributed by atoms with Crippen LogP contribution in [0.15, 0.2) is 30.3 Å². The van der Waals surface area contributed by atoms with E-state index in [1.54, 1.807) is 24.3 Å². The molecule has 0 aromatic heterocycles. The summed E-state index contributed by atoms with van der Waals surface area (Å²) in [4.78, 5) is 36.3. The van der Waals surface area contributed by atoms with Gasteiger partial charge in [0.15, 0.2) is 0 Å². The lowest BCUT2D eigenvalue weighted by Gasteiger charge is -2.27. The van der Waals surface area contributed by atoms with Crippen LogP contribution in [0.25, 0.3) is 6.08 Å². The largest absolute Gasteiger partial charge is 0.353 e. The van der Waals surface area contributed by atoms with E-state index in [1.807, 2.05) is 0 Å². The van der Waals surface area contributed by atoms with Gasteiger partial charge in [-0.2, -0.15) is 0 Å². The van der Waals surface area contributed by atoms with Crippen molar-refractivity contribution in [2.45, 2.75) is 0 Å². The molecular formula is C14H15N3O4. The van der Waals surface area contributed by atoms with E-state index in [0.717, 1.165) is 6.08 Å². The number of benzene rings is 1. The zero-order valence-corrected chi connectivity index (χ0v) is 11.2. The van der Waals surface area contributed by atoms with Gasteiger partial charge in [-0.3, -0.25) is 19.6 Å². The summed E-state index contributed by atoms with van der Waals surface area (Å²) in [6.07, 6.45) is 2.55. The van der Waals surface area contributed by atoms with Crippen LogP contribution in [0.4, 0.5) is 0 Å². The highest BCUT2D eigenvalue weighted by Gasteiger charge is 2.23. The van der Waals surface area contributed by atoms with Crippen molar-refractivity contribution in [1.29, 1.82) is 0 Å². The summed E-state index contributed by atoms with van der Waals surface area (Å²) in [5, 5.41) is 11.1. The smallest absolute Gasteiger partial charge is 0.267 e. The molecule has 2 rings (SSSR count). The van der Waals surface area contributed by atoms with Crippen LogP contribution >= 0.6 is 0 Å². The Morgan fingerprint density at radius 1 is 1.33 bits per heavy atom. The van der Waals surface area contributed by atoms with Crippen molar-refractivity contribution in [2.75, 3.05) is 19.6 Å². The number of nitrogens with one attached hydrogen (secondary N) is 2. The molecule has 21 heavy (non-hydrogen) atoms. The maximum Gasteiger partial charge on any atom is 0.267 e. The van der Waals surface area contributed by atoms with Gasteiger partial charge in [0.1, 0.15) is 0 Å². The number of carbonyl (C=O) groups excluding carboxylic acids is 3. The highest BCUT2D eigenvalue weighted by molar-refractivity contribution is 6.01. The fourth-order valence-corrected chi connectivity index (χ4v) is 2.02. The van der Waals surface area contributed by atoms with Gasteiger partial charge in [-0.25, -0.2) is 5.48 Å². The summed E-state index contributed by atoms with van der Waals surface area (Å²) in [6, 6.07) is 6.75. The molecule has 1 aromatic carbocycles. The monoisotopic (exact) mass is 289 g/mol. The minimum absolute atomic E-state index is 0.0218. The average molecular weight is 289 g/mol. The lowest BCUT2D eigenvalue weighted by molar-refractivity contribution is -0.124. The molecule has 1 fully saturated rings. The first kappa shape index (κ1) is 14.7. The van der Waals surface area contributed by atoms with Gasteiger partial charge in [0, 0.05) is 24.7 Å². The van der Waals surface area contributed by atoms with Gasteiger partial charge in [0.25, 0.3) is 11.8 Å². The van der Waals surface area contributed by atoms with Crippen molar-refractivity contribution >= 4 is 23.8 Å². The van der Waals surface area contributed by atoms with E-state index in [9.17, 15) is 14.4 Å². The Bertz CT molecular complexity index is 598. The van der Waals surface area contributed by atoms with Crippen molar-refractivity contribution in [3.8, 4) is 0 Å². The zero-order chi connectivity index (χ0) is 15.2. The van der Waals surface area contributed by atoms with E-state index < -0.39 is 5.91 Å². The van der Waals surface area contributed by atoms with Crippen molar-refractivity contribution in [2.24, 2.45) is 0 Å².